The van der Waals surface area contributed by atoms with Crippen LogP contribution in [0, 0.1) is 0 Å². The number of ether oxygens (including phenoxy) is 1. The molecule has 19 heavy (non-hydrogen) atoms. The van der Waals surface area contributed by atoms with Gasteiger partial charge in [0.2, 0.25) is 0 Å². The van der Waals surface area contributed by atoms with E-state index in [1.165, 1.54) is 12.1 Å². The van der Waals surface area contributed by atoms with Gasteiger partial charge in [-0.3, -0.25) is 0 Å². The fourth-order valence-corrected chi connectivity index (χ4v) is 2.50. The van der Waals surface area contributed by atoms with Crippen molar-refractivity contribution in [2.24, 2.45) is 0 Å². The molecule has 0 aromatic heterocycles. The molecule has 1 fully saturated rings. The second-order valence-electron chi connectivity index (χ2n) is 5.93. The van der Waals surface area contributed by atoms with Crippen molar-refractivity contribution < 1.29 is 4.74 Å². The van der Waals surface area contributed by atoms with E-state index < -0.39 is 0 Å². The molecule has 0 aliphatic carbocycles. The quantitative estimate of drug-likeness (QED) is 0.902. The van der Waals surface area contributed by atoms with Crippen LogP contribution < -0.4 is 15.0 Å². The summed E-state index contributed by atoms with van der Waals surface area (Å²) in [4.78, 5) is 2.46. The Morgan fingerprint density at radius 1 is 1.26 bits per heavy atom. The lowest BCUT2D eigenvalue weighted by Gasteiger charge is -2.31. The van der Waals surface area contributed by atoms with Crippen LogP contribution in [0.4, 0.5) is 5.69 Å². The number of hydrogen-bond donors (Lipinski definition) is 1. The molecule has 0 spiro atoms. The lowest BCUT2D eigenvalue weighted by molar-refractivity contribution is 0.317. The standard InChI is InChI=1S/C16H26N2O/c1-4-12-19-15-8-6-14(7-9-15)18-11-5-10-17-16(2,3)13-18/h6-9,17H,4-5,10-13H2,1-3H3. The maximum absolute atomic E-state index is 5.63. The highest BCUT2D eigenvalue weighted by molar-refractivity contribution is 5.49. The molecule has 1 aromatic carbocycles. The minimum absolute atomic E-state index is 0.174. The Morgan fingerprint density at radius 2 is 2.00 bits per heavy atom. The Balaban J connectivity index is 2.04. The third-order valence-electron chi connectivity index (χ3n) is 3.47. The first-order valence-electron chi connectivity index (χ1n) is 7.33. The van der Waals surface area contributed by atoms with Gasteiger partial charge in [-0.05, 0) is 57.5 Å². The molecule has 1 aromatic rings. The summed E-state index contributed by atoms with van der Waals surface area (Å²) in [6.07, 6.45) is 2.24. The lowest BCUT2D eigenvalue weighted by atomic mass is 10.1. The van der Waals surface area contributed by atoms with Gasteiger partial charge in [0, 0.05) is 24.3 Å². The summed E-state index contributed by atoms with van der Waals surface area (Å²) in [5.74, 6) is 0.970. The molecule has 0 amide bonds. The summed E-state index contributed by atoms with van der Waals surface area (Å²) < 4.78 is 5.63. The van der Waals surface area contributed by atoms with Crippen molar-refractivity contribution in [3.63, 3.8) is 0 Å². The molecule has 3 nitrogen and oxygen atoms in total. The molecular formula is C16H26N2O. The molecule has 106 valence electrons. The zero-order valence-corrected chi connectivity index (χ0v) is 12.4. The number of rotatable bonds is 4. The average molecular weight is 262 g/mol. The third-order valence-corrected chi connectivity index (χ3v) is 3.47. The number of hydrogen-bond acceptors (Lipinski definition) is 3. The Hall–Kier alpha value is -1.22. The first kappa shape index (κ1) is 14.2. The monoisotopic (exact) mass is 262 g/mol. The van der Waals surface area contributed by atoms with Crippen molar-refractivity contribution in [1.29, 1.82) is 0 Å². The molecule has 1 heterocycles. The van der Waals surface area contributed by atoms with Crippen molar-refractivity contribution in [3.8, 4) is 5.75 Å². The topological polar surface area (TPSA) is 24.5 Å². The van der Waals surface area contributed by atoms with Crippen LogP contribution in [-0.2, 0) is 0 Å². The highest BCUT2D eigenvalue weighted by atomic mass is 16.5. The SMILES string of the molecule is CCCOc1ccc(N2CCCNC(C)(C)C2)cc1. The van der Waals surface area contributed by atoms with Gasteiger partial charge in [0.1, 0.15) is 5.75 Å². The van der Waals surface area contributed by atoms with Crippen LogP contribution in [-0.4, -0.2) is 31.8 Å². The van der Waals surface area contributed by atoms with E-state index in [1.54, 1.807) is 0 Å². The average Bonchev–Trinajstić information content (AvgIpc) is 2.58. The normalized spacial score (nSPS) is 19.0. The fraction of sp³-hybridized carbons (Fsp3) is 0.625. The second-order valence-corrected chi connectivity index (χ2v) is 5.93. The van der Waals surface area contributed by atoms with Crippen molar-refractivity contribution in [2.45, 2.75) is 39.2 Å². The molecule has 0 bridgehead atoms. The molecule has 0 atom stereocenters. The Labute approximate surface area is 116 Å². The van der Waals surface area contributed by atoms with Crippen LogP contribution in [0.5, 0.6) is 5.75 Å². The van der Waals surface area contributed by atoms with E-state index in [1.807, 2.05) is 0 Å². The minimum Gasteiger partial charge on any atom is -0.494 e. The summed E-state index contributed by atoms with van der Waals surface area (Å²) in [7, 11) is 0. The van der Waals surface area contributed by atoms with Crippen molar-refractivity contribution in [2.75, 3.05) is 31.1 Å². The van der Waals surface area contributed by atoms with Crippen molar-refractivity contribution in [1.82, 2.24) is 5.32 Å². The first-order valence-corrected chi connectivity index (χ1v) is 7.33. The molecular weight excluding hydrogens is 236 g/mol. The Morgan fingerprint density at radius 3 is 2.68 bits per heavy atom. The summed E-state index contributed by atoms with van der Waals surface area (Å²) >= 11 is 0. The summed E-state index contributed by atoms with van der Waals surface area (Å²) in [5.41, 5.74) is 1.47. The summed E-state index contributed by atoms with van der Waals surface area (Å²) in [6.45, 7) is 10.7. The lowest BCUT2D eigenvalue weighted by Crippen LogP contribution is -2.46. The van der Waals surface area contributed by atoms with Crippen molar-refractivity contribution >= 4 is 5.69 Å². The summed E-state index contributed by atoms with van der Waals surface area (Å²) in [6, 6.07) is 8.51. The van der Waals surface area contributed by atoms with Gasteiger partial charge in [-0.25, -0.2) is 0 Å². The molecule has 1 N–H and O–H groups in total. The maximum Gasteiger partial charge on any atom is 0.119 e. The van der Waals surface area contributed by atoms with Gasteiger partial charge in [-0.2, -0.15) is 0 Å². The zero-order chi connectivity index (χ0) is 13.7. The van der Waals surface area contributed by atoms with Gasteiger partial charge < -0.3 is 15.0 Å². The third kappa shape index (κ3) is 4.13. The van der Waals surface area contributed by atoms with E-state index in [2.05, 4.69) is 55.3 Å². The van der Waals surface area contributed by atoms with E-state index in [4.69, 9.17) is 4.74 Å². The highest BCUT2D eigenvalue weighted by Gasteiger charge is 2.23. The van der Waals surface area contributed by atoms with Crippen molar-refractivity contribution in [3.05, 3.63) is 24.3 Å². The van der Waals surface area contributed by atoms with Crippen LogP contribution in [0.25, 0.3) is 0 Å². The number of nitrogens with one attached hydrogen (secondary N) is 1. The molecule has 3 heteroatoms. The molecule has 0 saturated carbocycles. The molecule has 2 rings (SSSR count). The number of nitrogens with zero attached hydrogens (tertiary/aromatic N) is 1. The first-order chi connectivity index (χ1) is 9.11. The van der Waals surface area contributed by atoms with E-state index in [9.17, 15) is 0 Å². The Bertz CT molecular complexity index is 386. The molecule has 1 saturated heterocycles. The van der Waals surface area contributed by atoms with E-state index in [-0.39, 0.29) is 5.54 Å². The molecule has 0 radical (unpaired) electrons. The van der Waals surface area contributed by atoms with Gasteiger partial charge in [0.25, 0.3) is 0 Å². The molecule has 1 aliphatic heterocycles. The van der Waals surface area contributed by atoms with Crippen LogP contribution in [0.2, 0.25) is 0 Å². The summed E-state index contributed by atoms with van der Waals surface area (Å²) in [5, 5.41) is 3.59. The van der Waals surface area contributed by atoms with E-state index in [0.29, 0.717) is 0 Å². The van der Waals surface area contributed by atoms with Gasteiger partial charge in [0.15, 0.2) is 0 Å². The van der Waals surface area contributed by atoms with Crippen LogP contribution in [0.15, 0.2) is 24.3 Å². The van der Waals surface area contributed by atoms with Gasteiger partial charge >= 0.3 is 0 Å². The Kier molecular flexibility index (Phi) is 4.70. The number of benzene rings is 1. The predicted octanol–water partition coefficient (Wildman–Crippen LogP) is 3.05. The van der Waals surface area contributed by atoms with Crippen LogP contribution >= 0.6 is 0 Å². The molecule has 0 unspecified atom stereocenters. The minimum atomic E-state index is 0.174. The van der Waals surface area contributed by atoms with Crippen LogP contribution in [0.3, 0.4) is 0 Å². The highest BCUT2D eigenvalue weighted by Crippen LogP contribution is 2.22. The van der Waals surface area contributed by atoms with Gasteiger partial charge in [-0.15, -0.1) is 0 Å². The fourth-order valence-electron chi connectivity index (χ4n) is 2.50. The second kappa shape index (κ2) is 6.29. The van der Waals surface area contributed by atoms with E-state index in [0.717, 1.165) is 38.4 Å². The largest absolute Gasteiger partial charge is 0.494 e. The predicted molar refractivity (Wildman–Crippen MR) is 81.1 cm³/mol. The van der Waals surface area contributed by atoms with E-state index >= 15 is 0 Å². The smallest absolute Gasteiger partial charge is 0.119 e. The zero-order valence-electron chi connectivity index (χ0n) is 12.4. The van der Waals surface area contributed by atoms with Gasteiger partial charge in [-0.1, -0.05) is 6.92 Å². The van der Waals surface area contributed by atoms with Gasteiger partial charge in [0.05, 0.1) is 6.61 Å². The maximum atomic E-state index is 5.63. The number of anilines is 1. The van der Waals surface area contributed by atoms with Crippen LogP contribution in [0.1, 0.15) is 33.6 Å². The molecule has 1 aliphatic rings.